The third-order valence-electron chi connectivity index (χ3n) is 7.12. The van der Waals surface area contributed by atoms with E-state index in [-0.39, 0.29) is 46.5 Å². The van der Waals surface area contributed by atoms with E-state index in [0.29, 0.717) is 18.7 Å². The highest BCUT2D eigenvalue weighted by Crippen LogP contribution is 2.47. The largest absolute Gasteiger partial charge is 0.508 e. The number of ketones is 1. The van der Waals surface area contributed by atoms with Crippen LogP contribution in [0.2, 0.25) is 5.02 Å². The Labute approximate surface area is 227 Å². The number of carbonyl (C=O) groups excluding carboxylic acids is 1. The van der Waals surface area contributed by atoms with Crippen LogP contribution in [0.25, 0.3) is 0 Å². The van der Waals surface area contributed by atoms with E-state index in [0.717, 1.165) is 6.26 Å². The minimum atomic E-state index is -3.42. The van der Waals surface area contributed by atoms with Crippen molar-refractivity contribution in [3.05, 3.63) is 94.3 Å². The van der Waals surface area contributed by atoms with E-state index < -0.39 is 33.6 Å². The van der Waals surface area contributed by atoms with Gasteiger partial charge in [0.15, 0.2) is 5.78 Å². The molecule has 3 atom stereocenters. The van der Waals surface area contributed by atoms with Gasteiger partial charge in [-0.3, -0.25) is 4.79 Å². The Hall–Kier alpha value is -2.98. The van der Waals surface area contributed by atoms with Crippen molar-refractivity contribution in [1.29, 1.82) is 0 Å². The number of likely N-dealkylation sites (tertiary alicyclic amines) is 1. The summed E-state index contributed by atoms with van der Waals surface area (Å²) in [5.41, 5.74) is 0.926. The molecule has 201 valence electrons. The average Bonchev–Trinajstić information content (AvgIpc) is 2.88. The number of rotatable bonds is 8. The molecule has 0 saturated carbocycles. The summed E-state index contributed by atoms with van der Waals surface area (Å²) in [6.45, 7) is 1.00. The number of aromatic hydroxyl groups is 2. The predicted octanol–water partition coefficient (Wildman–Crippen LogP) is 4.26. The number of sulfonamides is 1. The Morgan fingerprint density at radius 1 is 1.16 bits per heavy atom. The first-order chi connectivity index (χ1) is 18.0. The number of likely N-dealkylation sites (N-methyl/N-ethyl adjacent to an activating group) is 1. The monoisotopic (exact) mass is 559 g/mol. The fourth-order valence-corrected chi connectivity index (χ4v) is 5.70. The second kappa shape index (κ2) is 11.4. The molecule has 10 heteroatoms. The van der Waals surface area contributed by atoms with Crippen LogP contribution >= 0.6 is 11.6 Å². The molecule has 38 heavy (non-hydrogen) atoms. The fraction of sp³-hybridized carbons (Fsp3) is 0.321. The zero-order valence-electron chi connectivity index (χ0n) is 21.0. The van der Waals surface area contributed by atoms with Crippen LogP contribution in [0.3, 0.4) is 0 Å². The lowest BCUT2D eigenvalue weighted by atomic mass is 9.68. The van der Waals surface area contributed by atoms with Gasteiger partial charge in [-0.05, 0) is 35.9 Å². The van der Waals surface area contributed by atoms with Crippen LogP contribution in [-0.4, -0.2) is 73.1 Å². The highest BCUT2D eigenvalue weighted by atomic mass is 35.5. The number of piperidine rings is 1. The Morgan fingerprint density at radius 3 is 2.58 bits per heavy atom. The number of phenolic OH excluding ortho intramolecular Hbond substituents is 2. The van der Waals surface area contributed by atoms with Crippen LogP contribution < -0.4 is 0 Å². The van der Waals surface area contributed by atoms with Crippen molar-refractivity contribution in [1.82, 2.24) is 9.21 Å². The maximum atomic E-state index is 15.5. The van der Waals surface area contributed by atoms with Crippen LogP contribution in [0.5, 0.6) is 11.5 Å². The Kier molecular flexibility index (Phi) is 8.42. The standard InChI is InChI=1S/C28H29ClFN2O5S/c1-31(38(2,36)37)13-14-32-16-22(20-9-3-4-12-25(20)34)26(21-10-6-11-24(29)27(21)30)23(17-32)28(35)18-7-5-8-19(33)15-18/h3-8,10-12,15,22-23,26,33-34H,13-14,16-17H2,1-2H3/t22-,23+,26-/m1/s1. The number of hydrogen-bond donors (Lipinski definition) is 2. The highest BCUT2D eigenvalue weighted by molar-refractivity contribution is 7.88. The summed E-state index contributed by atoms with van der Waals surface area (Å²) in [4.78, 5) is 15.9. The summed E-state index contributed by atoms with van der Waals surface area (Å²) >= 11 is 6.16. The molecule has 0 amide bonds. The molecule has 3 aromatic rings. The van der Waals surface area contributed by atoms with Gasteiger partial charge in [0, 0.05) is 62.1 Å². The minimum Gasteiger partial charge on any atom is -0.508 e. The quantitative estimate of drug-likeness (QED) is 0.400. The van der Waals surface area contributed by atoms with Crippen LogP contribution in [0.4, 0.5) is 4.39 Å². The molecule has 2 N–H and O–H groups in total. The van der Waals surface area contributed by atoms with E-state index in [9.17, 15) is 23.4 Å². The number of Topliss-reactive ketones (excluding diaryl/α,β-unsaturated/α-hetero) is 1. The molecule has 1 aliphatic rings. The molecule has 1 heterocycles. The van der Waals surface area contributed by atoms with Crippen molar-refractivity contribution in [2.24, 2.45) is 5.92 Å². The number of phenols is 2. The SMILES string of the molecule is CN(CCN1C[C@H](C(=O)c2cccc(O)c2)[C@H](c2cccc(Cl)c2F)[C@@H](c2[c]cccc2O)C1)S(C)(=O)=O. The number of halogens is 2. The van der Waals surface area contributed by atoms with Gasteiger partial charge in [0.1, 0.15) is 17.3 Å². The number of nitrogens with zero attached hydrogens (tertiary/aromatic N) is 2. The first-order valence-corrected chi connectivity index (χ1v) is 14.3. The summed E-state index contributed by atoms with van der Waals surface area (Å²) < 4.78 is 40.7. The first-order valence-electron chi connectivity index (χ1n) is 12.1. The topological polar surface area (TPSA) is 98.2 Å². The Bertz CT molecular complexity index is 1430. The van der Waals surface area contributed by atoms with Crippen molar-refractivity contribution in [3.8, 4) is 11.5 Å². The molecule has 0 spiro atoms. The van der Waals surface area contributed by atoms with Crippen molar-refractivity contribution < 1.29 is 27.8 Å². The second-order valence-corrected chi connectivity index (χ2v) is 12.1. The van der Waals surface area contributed by atoms with E-state index in [1.807, 2.05) is 4.90 Å². The molecule has 0 aliphatic carbocycles. The molecule has 3 aromatic carbocycles. The average molecular weight is 560 g/mol. The van der Waals surface area contributed by atoms with Crippen LogP contribution in [0.1, 0.15) is 33.3 Å². The zero-order chi connectivity index (χ0) is 27.6. The molecule has 1 aliphatic heterocycles. The van der Waals surface area contributed by atoms with Gasteiger partial charge in [-0.2, -0.15) is 0 Å². The Morgan fingerprint density at radius 2 is 1.89 bits per heavy atom. The maximum absolute atomic E-state index is 15.5. The third-order valence-corrected chi connectivity index (χ3v) is 8.72. The van der Waals surface area contributed by atoms with Crippen molar-refractivity contribution in [2.75, 3.05) is 39.5 Å². The summed E-state index contributed by atoms with van der Waals surface area (Å²) in [6, 6.07) is 18.5. The molecule has 0 aromatic heterocycles. The molecule has 1 fully saturated rings. The fourth-order valence-electron chi connectivity index (χ4n) is 5.11. The van der Waals surface area contributed by atoms with Crippen LogP contribution in [0, 0.1) is 17.8 Å². The summed E-state index contributed by atoms with van der Waals surface area (Å²) in [7, 11) is -1.94. The Balaban J connectivity index is 1.84. The van der Waals surface area contributed by atoms with E-state index >= 15 is 4.39 Å². The summed E-state index contributed by atoms with van der Waals surface area (Å²) in [5.74, 6) is -3.17. The zero-order valence-corrected chi connectivity index (χ0v) is 22.6. The lowest BCUT2D eigenvalue weighted by Gasteiger charge is -2.44. The van der Waals surface area contributed by atoms with Gasteiger partial charge < -0.3 is 15.1 Å². The minimum absolute atomic E-state index is 0.0383. The lowest BCUT2D eigenvalue weighted by molar-refractivity contribution is 0.0728. The van der Waals surface area contributed by atoms with Gasteiger partial charge in [0.25, 0.3) is 0 Å². The second-order valence-electron chi connectivity index (χ2n) is 9.61. The molecule has 4 rings (SSSR count). The molecule has 0 unspecified atom stereocenters. The van der Waals surface area contributed by atoms with Gasteiger partial charge in [-0.1, -0.05) is 48.0 Å². The number of hydrogen-bond acceptors (Lipinski definition) is 6. The van der Waals surface area contributed by atoms with Crippen LogP contribution in [-0.2, 0) is 10.0 Å². The van der Waals surface area contributed by atoms with Gasteiger partial charge in [0.05, 0.1) is 11.3 Å². The van der Waals surface area contributed by atoms with Gasteiger partial charge >= 0.3 is 0 Å². The third kappa shape index (κ3) is 6.02. The van der Waals surface area contributed by atoms with E-state index in [1.165, 1.54) is 35.6 Å². The van der Waals surface area contributed by atoms with E-state index in [2.05, 4.69) is 6.07 Å². The van der Waals surface area contributed by atoms with Crippen LogP contribution in [0.15, 0.2) is 60.7 Å². The number of benzene rings is 3. The molecular formula is C28H29ClFN2O5S. The smallest absolute Gasteiger partial charge is 0.210 e. The number of carbonyl (C=O) groups is 1. The maximum Gasteiger partial charge on any atom is 0.210 e. The molecule has 1 saturated heterocycles. The van der Waals surface area contributed by atoms with Crippen molar-refractivity contribution in [3.63, 3.8) is 0 Å². The molecular weight excluding hydrogens is 531 g/mol. The molecule has 0 bridgehead atoms. The lowest BCUT2D eigenvalue weighted by Crippen LogP contribution is -2.49. The van der Waals surface area contributed by atoms with E-state index in [4.69, 9.17) is 11.6 Å². The van der Waals surface area contributed by atoms with E-state index in [1.54, 1.807) is 36.4 Å². The van der Waals surface area contributed by atoms with Gasteiger partial charge in [-0.25, -0.2) is 17.1 Å². The van der Waals surface area contributed by atoms with Crippen molar-refractivity contribution in [2.45, 2.75) is 11.8 Å². The van der Waals surface area contributed by atoms with Gasteiger partial charge in [-0.15, -0.1) is 0 Å². The molecule has 1 radical (unpaired) electrons. The van der Waals surface area contributed by atoms with Crippen molar-refractivity contribution >= 4 is 27.4 Å². The first kappa shape index (κ1) is 28.0. The highest BCUT2D eigenvalue weighted by Gasteiger charge is 2.44. The van der Waals surface area contributed by atoms with Gasteiger partial charge in [0.2, 0.25) is 10.0 Å². The normalized spacial score (nSPS) is 20.5. The predicted molar refractivity (Wildman–Crippen MR) is 144 cm³/mol. The molecule has 7 nitrogen and oxygen atoms in total. The summed E-state index contributed by atoms with van der Waals surface area (Å²) in [5, 5.41) is 20.7. The summed E-state index contributed by atoms with van der Waals surface area (Å²) in [6.07, 6.45) is 1.12.